The molecule has 2 heterocycles. The lowest BCUT2D eigenvalue weighted by atomic mass is 9.83. The van der Waals surface area contributed by atoms with E-state index in [1.165, 1.54) is 41.0 Å². The van der Waals surface area contributed by atoms with Crippen molar-refractivity contribution in [2.24, 2.45) is 12.5 Å². The van der Waals surface area contributed by atoms with Crippen molar-refractivity contribution in [3.05, 3.63) is 63.4 Å². The summed E-state index contributed by atoms with van der Waals surface area (Å²) in [7, 11) is 1.58. The van der Waals surface area contributed by atoms with E-state index >= 15 is 0 Å². The van der Waals surface area contributed by atoms with E-state index in [4.69, 9.17) is 0 Å². The predicted molar refractivity (Wildman–Crippen MR) is 133 cm³/mol. The van der Waals surface area contributed by atoms with E-state index in [-0.39, 0.29) is 33.1 Å². The monoisotopic (exact) mass is 502 g/mol. The zero-order valence-electron chi connectivity index (χ0n) is 20.6. The van der Waals surface area contributed by atoms with Crippen LogP contribution in [0.3, 0.4) is 0 Å². The van der Waals surface area contributed by atoms with E-state index in [2.05, 4.69) is 24.1 Å². The van der Waals surface area contributed by atoms with Gasteiger partial charge in [-0.15, -0.1) is 0 Å². The molecule has 4 rings (SSSR count). The first-order valence-corrected chi connectivity index (χ1v) is 11.7. The molecule has 1 atom stereocenters. The number of hydrogen-bond donors (Lipinski definition) is 2. The minimum Gasteiger partial charge on any atom is -0.478 e. The van der Waals surface area contributed by atoms with Gasteiger partial charge in [0.15, 0.2) is 6.04 Å². The van der Waals surface area contributed by atoms with E-state index < -0.39 is 23.7 Å². The van der Waals surface area contributed by atoms with Crippen LogP contribution < -0.4 is 15.8 Å². The Morgan fingerprint density at radius 3 is 2.42 bits per heavy atom. The molecule has 1 fully saturated rings. The van der Waals surface area contributed by atoms with Crippen LogP contribution in [0.4, 0.5) is 24.8 Å². The summed E-state index contributed by atoms with van der Waals surface area (Å²) in [5.74, 6) is -1.03. The van der Waals surface area contributed by atoms with Crippen molar-refractivity contribution in [3.63, 3.8) is 0 Å². The number of hydrogen-bond acceptors (Lipinski definition) is 5. The number of aryl methyl sites for hydroxylation is 1. The fourth-order valence-corrected chi connectivity index (χ4v) is 4.64. The van der Waals surface area contributed by atoms with Gasteiger partial charge in [0.05, 0.1) is 16.5 Å². The van der Waals surface area contributed by atoms with Crippen LogP contribution in [0, 0.1) is 12.3 Å². The molecule has 0 amide bonds. The Balaban J connectivity index is 1.90. The number of carbonyl (C=O) groups is 1. The summed E-state index contributed by atoms with van der Waals surface area (Å²) in [5.41, 5.74) is -0.575. The number of benzene rings is 2. The van der Waals surface area contributed by atoms with Crippen LogP contribution in [-0.4, -0.2) is 39.9 Å². The number of anilines is 2. The Morgan fingerprint density at radius 2 is 1.81 bits per heavy atom. The van der Waals surface area contributed by atoms with Crippen molar-refractivity contribution in [1.29, 1.82) is 0 Å². The lowest BCUT2D eigenvalue weighted by Gasteiger charge is -2.38. The fourth-order valence-electron chi connectivity index (χ4n) is 4.64. The number of aromatic nitrogens is 2. The maximum Gasteiger partial charge on any atom is 0.412 e. The van der Waals surface area contributed by atoms with E-state index in [1.54, 1.807) is 14.0 Å². The van der Waals surface area contributed by atoms with Crippen LogP contribution in [0.5, 0.6) is 0 Å². The molecular formula is C26H29F3N4O3. The van der Waals surface area contributed by atoms with Gasteiger partial charge in [-0.25, -0.2) is 9.78 Å². The van der Waals surface area contributed by atoms with Crippen molar-refractivity contribution in [1.82, 2.24) is 9.55 Å². The summed E-state index contributed by atoms with van der Waals surface area (Å²) in [5, 5.41) is 11.9. The maximum absolute atomic E-state index is 14.5. The van der Waals surface area contributed by atoms with Gasteiger partial charge >= 0.3 is 12.1 Å². The number of para-hydroxylation sites is 1. The Morgan fingerprint density at radius 1 is 1.17 bits per heavy atom. The number of piperidine rings is 1. The highest BCUT2D eigenvalue weighted by molar-refractivity contribution is 5.94. The summed E-state index contributed by atoms with van der Waals surface area (Å²) in [6.45, 7) is 7.20. The number of carboxylic acids is 1. The van der Waals surface area contributed by atoms with Gasteiger partial charge in [-0.05, 0) is 48.9 Å². The van der Waals surface area contributed by atoms with Crippen molar-refractivity contribution >= 4 is 28.5 Å². The summed E-state index contributed by atoms with van der Waals surface area (Å²) < 4.78 is 44.8. The highest BCUT2D eigenvalue weighted by atomic mass is 19.4. The molecule has 0 aliphatic carbocycles. The zero-order valence-corrected chi connectivity index (χ0v) is 20.6. The van der Waals surface area contributed by atoms with Gasteiger partial charge < -0.3 is 15.3 Å². The van der Waals surface area contributed by atoms with Gasteiger partial charge in [-0.3, -0.25) is 9.36 Å². The molecule has 1 aliphatic rings. The molecule has 3 aromatic rings. The molecule has 1 unspecified atom stereocenters. The van der Waals surface area contributed by atoms with Crippen molar-refractivity contribution in [2.75, 3.05) is 23.3 Å². The largest absolute Gasteiger partial charge is 0.478 e. The Labute approximate surface area is 206 Å². The standard InChI is InChI=1S/C26H29F3N4O3/c1-15-13-17(21(26(27,28)29)30-19-8-6-5-7-16(19)23(35)36)20-18(14-15)22(34)32(4)24(31-20)33-11-9-25(2,3)10-12-33/h5-8,13-14,21,30H,9-12H2,1-4H3,(H,35,36). The second-order valence-electron chi connectivity index (χ2n) is 10.1. The first-order chi connectivity index (χ1) is 16.8. The number of carboxylic acid groups (broad SMARTS) is 1. The number of fused-ring (bicyclic) bond motifs is 1. The average Bonchev–Trinajstić information content (AvgIpc) is 2.79. The molecule has 1 aromatic heterocycles. The Hall–Kier alpha value is -3.56. The third-order valence-corrected chi connectivity index (χ3v) is 6.83. The molecule has 1 saturated heterocycles. The van der Waals surface area contributed by atoms with Crippen LogP contribution in [0.1, 0.15) is 54.2 Å². The molecule has 0 radical (unpaired) electrons. The first-order valence-electron chi connectivity index (χ1n) is 11.7. The topological polar surface area (TPSA) is 87.5 Å². The molecule has 2 aromatic carbocycles. The summed E-state index contributed by atoms with van der Waals surface area (Å²) in [6.07, 6.45) is -3.08. The summed E-state index contributed by atoms with van der Waals surface area (Å²) in [6, 6.07) is 6.02. The van der Waals surface area contributed by atoms with Crippen molar-refractivity contribution < 1.29 is 23.1 Å². The third kappa shape index (κ3) is 4.89. The minimum atomic E-state index is -4.80. The number of nitrogens with zero attached hydrogens (tertiary/aromatic N) is 3. The lowest BCUT2D eigenvalue weighted by Crippen LogP contribution is -2.40. The van der Waals surface area contributed by atoms with E-state index in [0.717, 1.165) is 12.8 Å². The summed E-state index contributed by atoms with van der Waals surface area (Å²) in [4.78, 5) is 31.5. The molecule has 7 nitrogen and oxygen atoms in total. The number of rotatable bonds is 5. The molecule has 36 heavy (non-hydrogen) atoms. The maximum atomic E-state index is 14.5. The molecule has 0 spiro atoms. The van der Waals surface area contributed by atoms with Gasteiger partial charge in [-0.1, -0.05) is 32.0 Å². The van der Waals surface area contributed by atoms with E-state index in [9.17, 15) is 27.9 Å². The van der Waals surface area contributed by atoms with E-state index in [0.29, 0.717) is 24.6 Å². The van der Waals surface area contributed by atoms with Crippen LogP contribution >= 0.6 is 0 Å². The van der Waals surface area contributed by atoms with Gasteiger partial charge in [0.2, 0.25) is 5.95 Å². The van der Waals surface area contributed by atoms with Crippen LogP contribution in [-0.2, 0) is 7.05 Å². The molecule has 0 bridgehead atoms. The van der Waals surface area contributed by atoms with Gasteiger partial charge in [0.25, 0.3) is 5.56 Å². The van der Waals surface area contributed by atoms with Crippen LogP contribution in [0.2, 0.25) is 0 Å². The SMILES string of the molecule is Cc1cc(C(Nc2ccccc2C(=O)O)C(F)(F)F)c2nc(N3CCC(C)(C)CC3)n(C)c(=O)c2c1. The highest BCUT2D eigenvalue weighted by Crippen LogP contribution is 2.40. The molecule has 0 saturated carbocycles. The Kier molecular flexibility index (Phi) is 6.49. The van der Waals surface area contributed by atoms with Crippen LogP contribution in [0.15, 0.2) is 41.2 Å². The van der Waals surface area contributed by atoms with Gasteiger partial charge in [0.1, 0.15) is 0 Å². The van der Waals surface area contributed by atoms with Crippen LogP contribution in [0.25, 0.3) is 10.9 Å². The summed E-state index contributed by atoms with van der Waals surface area (Å²) >= 11 is 0. The fraction of sp³-hybridized carbons (Fsp3) is 0.423. The van der Waals surface area contributed by atoms with Gasteiger partial charge in [-0.2, -0.15) is 13.2 Å². The third-order valence-electron chi connectivity index (χ3n) is 6.83. The minimum absolute atomic E-state index is 0.0498. The lowest BCUT2D eigenvalue weighted by molar-refractivity contribution is -0.143. The molecule has 192 valence electrons. The number of alkyl halides is 3. The highest BCUT2D eigenvalue weighted by Gasteiger charge is 2.43. The predicted octanol–water partition coefficient (Wildman–Crippen LogP) is 5.28. The molecule has 10 heteroatoms. The van der Waals surface area contributed by atoms with Crippen molar-refractivity contribution in [3.8, 4) is 0 Å². The quantitative estimate of drug-likeness (QED) is 0.494. The zero-order chi connectivity index (χ0) is 26.4. The van der Waals surface area contributed by atoms with Crippen molar-refractivity contribution in [2.45, 2.75) is 45.8 Å². The average molecular weight is 503 g/mol. The smallest absolute Gasteiger partial charge is 0.412 e. The molecular weight excluding hydrogens is 473 g/mol. The molecule has 1 aliphatic heterocycles. The number of nitrogens with one attached hydrogen (secondary N) is 1. The van der Waals surface area contributed by atoms with E-state index in [1.807, 2.05) is 4.90 Å². The Bertz CT molecular complexity index is 1370. The second kappa shape index (κ2) is 9.15. The number of halogens is 3. The number of aromatic carboxylic acids is 1. The second-order valence-corrected chi connectivity index (χ2v) is 10.1. The molecule has 2 N–H and O–H groups in total. The van der Waals surface area contributed by atoms with Gasteiger partial charge in [0, 0.05) is 31.4 Å². The first kappa shape index (κ1) is 25.5. The normalized spacial score (nSPS) is 16.7.